The lowest BCUT2D eigenvalue weighted by atomic mass is 10.1. The summed E-state index contributed by atoms with van der Waals surface area (Å²) in [5.41, 5.74) is 1.82. The highest BCUT2D eigenvalue weighted by molar-refractivity contribution is 7.92. The summed E-state index contributed by atoms with van der Waals surface area (Å²) in [6.45, 7) is 5.70. The van der Waals surface area contributed by atoms with Gasteiger partial charge >= 0.3 is 0 Å². The summed E-state index contributed by atoms with van der Waals surface area (Å²) in [6.07, 6.45) is 0. The first-order chi connectivity index (χ1) is 19.1. The van der Waals surface area contributed by atoms with Crippen LogP contribution in [0, 0.1) is 12.7 Å². The van der Waals surface area contributed by atoms with Crippen LogP contribution in [-0.4, -0.2) is 57.5 Å². The van der Waals surface area contributed by atoms with Crippen LogP contribution < -0.4 is 19.1 Å². The number of likely N-dealkylation sites (N-methyl/N-ethyl adjacent to an activating group) is 1. The minimum absolute atomic E-state index is 0.0884. The molecule has 1 heterocycles. The van der Waals surface area contributed by atoms with Crippen LogP contribution in [0.1, 0.15) is 25.0 Å². The van der Waals surface area contributed by atoms with E-state index in [0.717, 1.165) is 27.6 Å². The minimum atomic E-state index is -4.34. The molecule has 3 aromatic carbocycles. The maximum absolute atomic E-state index is 14.0. The summed E-state index contributed by atoms with van der Waals surface area (Å²) in [7, 11) is -4.34. The van der Waals surface area contributed by atoms with Crippen LogP contribution in [0.25, 0.3) is 0 Å². The van der Waals surface area contributed by atoms with Crippen LogP contribution in [-0.2, 0) is 26.2 Å². The van der Waals surface area contributed by atoms with E-state index >= 15 is 0 Å². The molecule has 0 fully saturated rings. The smallest absolute Gasteiger partial charge is 0.264 e. The second-order valence-electron chi connectivity index (χ2n) is 9.31. The number of carbonyl (C=O) groups is 2. The first-order valence-electron chi connectivity index (χ1n) is 12.9. The monoisotopic (exact) mass is 569 g/mol. The summed E-state index contributed by atoms with van der Waals surface area (Å²) in [4.78, 5) is 27.9. The number of ether oxygens (including phenoxy) is 2. The Morgan fingerprint density at radius 3 is 2.35 bits per heavy atom. The number of benzene rings is 3. The Hall–Kier alpha value is -4.12. The van der Waals surface area contributed by atoms with Gasteiger partial charge in [0.1, 0.15) is 31.6 Å². The second-order valence-corrected chi connectivity index (χ2v) is 11.2. The van der Waals surface area contributed by atoms with Gasteiger partial charge in [0.2, 0.25) is 11.8 Å². The molecule has 1 unspecified atom stereocenters. The number of sulfonamides is 1. The van der Waals surface area contributed by atoms with Crippen molar-refractivity contribution in [2.24, 2.45) is 0 Å². The predicted molar refractivity (Wildman–Crippen MR) is 148 cm³/mol. The topological polar surface area (TPSA) is 105 Å². The van der Waals surface area contributed by atoms with Crippen molar-refractivity contribution in [3.05, 3.63) is 83.7 Å². The van der Waals surface area contributed by atoms with Crippen LogP contribution in [0.2, 0.25) is 0 Å². The largest absolute Gasteiger partial charge is 0.486 e. The van der Waals surface area contributed by atoms with Crippen molar-refractivity contribution in [1.29, 1.82) is 0 Å². The van der Waals surface area contributed by atoms with Crippen LogP contribution in [0.15, 0.2) is 71.6 Å². The zero-order valence-corrected chi connectivity index (χ0v) is 23.4. The van der Waals surface area contributed by atoms with Crippen molar-refractivity contribution in [2.45, 2.75) is 38.3 Å². The van der Waals surface area contributed by atoms with Crippen LogP contribution in [0.4, 0.5) is 10.1 Å². The van der Waals surface area contributed by atoms with Crippen molar-refractivity contribution in [3.63, 3.8) is 0 Å². The Morgan fingerprint density at radius 1 is 1.00 bits per heavy atom. The third-order valence-corrected chi connectivity index (χ3v) is 8.39. The molecule has 0 radical (unpaired) electrons. The standard InChI is InChI=1S/C29H32FN3O6S/c1-4-31-29(35)21(3)32(18-22-8-6-5-7-20(22)2)28(34)19-33(24-11-9-23(30)10-12-24)40(36,37)25-13-14-26-27(17-25)39-16-15-38-26/h5-14,17,21H,4,15-16,18-19H2,1-3H3,(H,31,35). The molecule has 1 N–H and O–H groups in total. The molecule has 0 aliphatic carbocycles. The Labute approximate surface area is 233 Å². The number of fused-ring (bicyclic) bond motifs is 1. The third-order valence-electron chi connectivity index (χ3n) is 6.62. The molecule has 1 atom stereocenters. The van der Waals surface area contributed by atoms with Gasteiger partial charge in [-0.2, -0.15) is 0 Å². The van der Waals surface area contributed by atoms with E-state index in [1.54, 1.807) is 13.8 Å². The number of halogens is 1. The molecule has 3 aromatic rings. The third kappa shape index (κ3) is 6.36. The van der Waals surface area contributed by atoms with Crippen LogP contribution in [0.3, 0.4) is 0 Å². The van der Waals surface area contributed by atoms with Crippen molar-refractivity contribution < 1.29 is 31.9 Å². The van der Waals surface area contributed by atoms with E-state index in [9.17, 15) is 22.4 Å². The highest BCUT2D eigenvalue weighted by atomic mass is 32.2. The normalized spacial score (nSPS) is 13.3. The van der Waals surface area contributed by atoms with E-state index in [-0.39, 0.29) is 35.4 Å². The van der Waals surface area contributed by atoms with Gasteiger partial charge in [0.15, 0.2) is 11.5 Å². The summed E-state index contributed by atoms with van der Waals surface area (Å²) in [5, 5.41) is 2.73. The van der Waals surface area contributed by atoms with Gasteiger partial charge in [-0.05, 0) is 68.3 Å². The Bertz CT molecular complexity index is 1480. The van der Waals surface area contributed by atoms with Crippen molar-refractivity contribution in [3.8, 4) is 11.5 Å². The number of carbonyl (C=O) groups excluding carboxylic acids is 2. The zero-order valence-electron chi connectivity index (χ0n) is 22.6. The maximum atomic E-state index is 14.0. The van der Waals surface area contributed by atoms with E-state index in [4.69, 9.17) is 9.47 Å². The summed E-state index contributed by atoms with van der Waals surface area (Å²) >= 11 is 0. The Kier molecular flexibility index (Phi) is 8.93. The summed E-state index contributed by atoms with van der Waals surface area (Å²) in [5.74, 6) is -0.851. The first kappa shape index (κ1) is 28.9. The number of hydrogen-bond donors (Lipinski definition) is 1. The molecule has 9 nitrogen and oxygen atoms in total. The lowest BCUT2D eigenvalue weighted by molar-refractivity contribution is -0.139. The highest BCUT2D eigenvalue weighted by Gasteiger charge is 2.33. The van der Waals surface area contributed by atoms with Crippen molar-refractivity contribution in [1.82, 2.24) is 10.2 Å². The molecule has 0 aromatic heterocycles. The number of nitrogens with one attached hydrogen (secondary N) is 1. The Balaban J connectivity index is 1.73. The number of nitrogens with zero attached hydrogens (tertiary/aromatic N) is 2. The number of hydrogen-bond acceptors (Lipinski definition) is 6. The second kappa shape index (κ2) is 12.4. The SMILES string of the molecule is CCNC(=O)C(C)N(Cc1ccccc1C)C(=O)CN(c1ccc(F)cc1)S(=O)(=O)c1ccc2c(c1)OCCO2. The first-order valence-corrected chi connectivity index (χ1v) is 14.4. The fraction of sp³-hybridized carbons (Fsp3) is 0.310. The summed E-state index contributed by atoms with van der Waals surface area (Å²) < 4.78 is 53.7. The van der Waals surface area contributed by atoms with Gasteiger partial charge in [0, 0.05) is 19.2 Å². The molecule has 0 spiro atoms. The Morgan fingerprint density at radius 2 is 1.68 bits per heavy atom. The lowest BCUT2D eigenvalue weighted by Crippen LogP contribution is -2.51. The molecular formula is C29H32FN3O6S. The van der Waals surface area contributed by atoms with E-state index in [2.05, 4.69) is 5.32 Å². The van der Waals surface area contributed by atoms with E-state index in [0.29, 0.717) is 18.9 Å². The van der Waals surface area contributed by atoms with Gasteiger partial charge in [0.25, 0.3) is 10.0 Å². The number of anilines is 1. The number of amides is 2. The van der Waals surface area contributed by atoms with Crippen molar-refractivity contribution in [2.75, 3.05) is 30.6 Å². The molecular weight excluding hydrogens is 537 g/mol. The average molecular weight is 570 g/mol. The minimum Gasteiger partial charge on any atom is -0.486 e. The van der Waals surface area contributed by atoms with Gasteiger partial charge in [-0.3, -0.25) is 13.9 Å². The zero-order chi connectivity index (χ0) is 28.9. The van der Waals surface area contributed by atoms with Crippen molar-refractivity contribution >= 4 is 27.5 Å². The molecule has 212 valence electrons. The molecule has 4 rings (SSSR count). The molecule has 11 heteroatoms. The van der Waals surface area contributed by atoms with E-state index in [1.165, 1.54) is 35.2 Å². The quantitative estimate of drug-likeness (QED) is 0.400. The molecule has 0 saturated heterocycles. The molecule has 40 heavy (non-hydrogen) atoms. The van der Waals surface area contributed by atoms with Gasteiger partial charge in [-0.25, -0.2) is 12.8 Å². The fourth-order valence-electron chi connectivity index (χ4n) is 4.32. The number of rotatable bonds is 10. The maximum Gasteiger partial charge on any atom is 0.264 e. The highest BCUT2D eigenvalue weighted by Crippen LogP contribution is 2.34. The number of aryl methyl sites for hydroxylation is 1. The van der Waals surface area contributed by atoms with Crippen LogP contribution in [0.5, 0.6) is 11.5 Å². The molecule has 1 aliphatic rings. The van der Waals surface area contributed by atoms with Gasteiger partial charge in [-0.15, -0.1) is 0 Å². The molecule has 2 amide bonds. The predicted octanol–water partition coefficient (Wildman–Crippen LogP) is 3.65. The van der Waals surface area contributed by atoms with Gasteiger partial charge in [-0.1, -0.05) is 24.3 Å². The molecule has 0 saturated carbocycles. The van der Waals surface area contributed by atoms with E-state index < -0.39 is 34.3 Å². The average Bonchev–Trinajstić information content (AvgIpc) is 2.95. The van der Waals surface area contributed by atoms with E-state index in [1.807, 2.05) is 31.2 Å². The van der Waals surface area contributed by atoms with Gasteiger partial charge in [0.05, 0.1) is 10.6 Å². The molecule has 1 aliphatic heterocycles. The molecule has 0 bridgehead atoms. The lowest BCUT2D eigenvalue weighted by Gasteiger charge is -2.32. The fourth-order valence-corrected chi connectivity index (χ4v) is 5.75. The van der Waals surface area contributed by atoms with Crippen LogP contribution >= 0.6 is 0 Å². The van der Waals surface area contributed by atoms with Gasteiger partial charge < -0.3 is 19.7 Å². The summed E-state index contributed by atoms with van der Waals surface area (Å²) in [6, 6.07) is 15.6.